The van der Waals surface area contributed by atoms with Crippen LogP contribution in [0.3, 0.4) is 0 Å². The molecular formula is C17H17N3O2S. The lowest BCUT2D eigenvalue weighted by molar-refractivity contribution is 0.470. The maximum atomic E-state index is 12.4. The lowest BCUT2D eigenvalue weighted by Crippen LogP contribution is -2.36. The molecule has 1 atom stereocenters. The number of nitrogens with one attached hydrogen (secondary N) is 1. The van der Waals surface area contributed by atoms with Crippen molar-refractivity contribution < 1.29 is 8.42 Å². The van der Waals surface area contributed by atoms with Crippen molar-refractivity contribution in [2.75, 3.05) is 13.1 Å². The predicted octanol–water partition coefficient (Wildman–Crippen LogP) is 2.19. The fourth-order valence-corrected chi connectivity index (χ4v) is 3.95. The van der Waals surface area contributed by atoms with Gasteiger partial charge in [0.2, 0.25) is 10.0 Å². The van der Waals surface area contributed by atoms with Crippen LogP contribution < -0.4 is 4.72 Å². The van der Waals surface area contributed by atoms with Gasteiger partial charge in [-0.05, 0) is 29.7 Å². The van der Waals surface area contributed by atoms with Crippen LogP contribution in [-0.2, 0) is 10.0 Å². The van der Waals surface area contributed by atoms with E-state index in [0.717, 1.165) is 11.1 Å². The minimum atomic E-state index is -3.56. The summed E-state index contributed by atoms with van der Waals surface area (Å²) in [6.07, 6.45) is 2.69. The Labute approximate surface area is 136 Å². The molecule has 0 amide bonds. The quantitative estimate of drug-likeness (QED) is 0.874. The Bertz CT molecular complexity index is 811. The molecule has 6 heteroatoms. The van der Waals surface area contributed by atoms with Gasteiger partial charge in [0.1, 0.15) is 0 Å². The van der Waals surface area contributed by atoms with Crippen molar-refractivity contribution in [3.05, 3.63) is 54.6 Å². The highest BCUT2D eigenvalue weighted by molar-refractivity contribution is 7.89. The molecule has 1 fully saturated rings. The lowest BCUT2D eigenvalue weighted by atomic mass is 10.1. The van der Waals surface area contributed by atoms with Gasteiger partial charge in [0.25, 0.3) is 0 Å². The van der Waals surface area contributed by atoms with Crippen LogP contribution in [0.1, 0.15) is 6.42 Å². The number of nitrogens with zero attached hydrogens (tertiary/aromatic N) is 2. The first-order valence-corrected chi connectivity index (χ1v) is 8.89. The molecule has 0 bridgehead atoms. The first kappa shape index (κ1) is 15.5. The summed E-state index contributed by atoms with van der Waals surface area (Å²) in [6.45, 7) is 1.02. The Morgan fingerprint density at radius 2 is 1.70 bits per heavy atom. The molecule has 0 saturated carbocycles. The molecule has 1 aliphatic heterocycles. The number of rotatable bonds is 4. The van der Waals surface area contributed by atoms with Gasteiger partial charge in [-0.25, -0.2) is 13.1 Å². The van der Waals surface area contributed by atoms with Gasteiger partial charge < -0.3 is 4.90 Å². The fraction of sp³-hybridized carbons (Fsp3) is 0.235. The van der Waals surface area contributed by atoms with E-state index in [2.05, 4.69) is 4.72 Å². The number of nitriles is 1. The number of hydrogen-bond acceptors (Lipinski definition) is 4. The van der Waals surface area contributed by atoms with Crippen LogP contribution in [0.4, 0.5) is 0 Å². The van der Waals surface area contributed by atoms with Crippen LogP contribution >= 0.6 is 0 Å². The molecule has 23 heavy (non-hydrogen) atoms. The molecule has 0 spiro atoms. The van der Waals surface area contributed by atoms with Crippen molar-refractivity contribution in [3.8, 4) is 17.3 Å². The van der Waals surface area contributed by atoms with E-state index in [1.54, 1.807) is 29.2 Å². The van der Waals surface area contributed by atoms with Crippen LogP contribution in [0.15, 0.2) is 59.5 Å². The van der Waals surface area contributed by atoms with E-state index in [4.69, 9.17) is 5.26 Å². The van der Waals surface area contributed by atoms with Gasteiger partial charge in [-0.15, -0.1) is 0 Å². The third-order valence-corrected chi connectivity index (χ3v) is 5.46. The Hall–Kier alpha value is -2.36. The van der Waals surface area contributed by atoms with E-state index in [9.17, 15) is 8.42 Å². The molecule has 0 aliphatic carbocycles. The van der Waals surface area contributed by atoms with Gasteiger partial charge in [-0.2, -0.15) is 5.26 Å². The summed E-state index contributed by atoms with van der Waals surface area (Å²) in [6, 6.07) is 16.4. The van der Waals surface area contributed by atoms with Crippen LogP contribution in [0.2, 0.25) is 0 Å². The first-order valence-electron chi connectivity index (χ1n) is 7.41. The highest BCUT2D eigenvalue weighted by Gasteiger charge is 2.26. The van der Waals surface area contributed by atoms with Gasteiger partial charge >= 0.3 is 0 Å². The Morgan fingerprint density at radius 1 is 1.04 bits per heavy atom. The van der Waals surface area contributed by atoms with Crippen molar-refractivity contribution in [1.29, 1.82) is 5.26 Å². The number of sulfonamides is 1. The second kappa shape index (κ2) is 6.41. The van der Waals surface area contributed by atoms with Gasteiger partial charge in [-0.3, -0.25) is 0 Å². The molecule has 1 aliphatic rings. The molecule has 2 aromatic rings. The maximum absolute atomic E-state index is 12.4. The van der Waals surface area contributed by atoms with Gasteiger partial charge in [-0.1, -0.05) is 42.5 Å². The molecule has 1 heterocycles. The maximum Gasteiger partial charge on any atom is 0.240 e. The van der Waals surface area contributed by atoms with Crippen LogP contribution in [0.25, 0.3) is 11.1 Å². The summed E-state index contributed by atoms with van der Waals surface area (Å²) >= 11 is 0. The van der Waals surface area contributed by atoms with Gasteiger partial charge in [0.05, 0.1) is 4.90 Å². The summed E-state index contributed by atoms with van der Waals surface area (Å²) in [7, 11) is -3.56. The average molecular weight is 327 g/mol. The van der Waals surface area contributed by atoms with E-state index >= 15 is 0 Å². The predicted molar refractivity (Wildman–Crippen MR) is 87.8 cm³/mol. The molecule has 3 rings (SSSR count). The lowest BCUT2D eigenvalue weighted by Gasteiger charge is -2.13. The van der Waals surface area contributed by atoms with Crippen LogP contribution in [-0.4, -0.2) is 32.4 Å². The van der Waals surface area contributed by atoms with Gasteiger partial charge in [0.15, 0.2) is 6.19 Å². The van der Waals surface area contributed by atoms with Crippen molar-refractivity contribution in [2.24, 2.45) is 0 Å². The first-order chi connectivity index (χ1) is 11.1. The van der Waals surface area contributed by atoms with E-state index < -0.39 is 10.0 Å². The third kappa shape index (κ3) is 3.52. The molecule has 5 nitrogen and oxygen atoms in total. The number of benzene rings is 2. The number of likely N-dealkylation sites (tertiary alicyclic amines) is 1. The highest BCUT2D eigenvalue weighted by atomic mass is 32.2. The molecule has 0 unspecified atom stereocenters. The molecule has 118 valence electrons. The van der Waals surface area contributed by atoms with E-state index in [0.29, 0.717) is 19.5 Å². The summed E-state index contributed by atoms with van der Waals surface area (Å²) in [4.78, 5) is 1.80. The zero-order valence-electron chi connectivity index (χ0n) is 12.5. The monoisotopic (exact) mass is 327 g/mol. The Kier molecular flexibility index (Phi) is 4.33. The topological polar surface area (TPSA) is 73.2 Å². The standard InChI is InChI=1S/C17H17N3O2S/c18-13-20-11-10-16(12-20)19-23(21,22)17-8-6-15(7-9-17)14-4-2-1-3-5-14/h1-9,16,19H,10-12H2/t16-/m0/s1. The molecule has 1 saturated heterocycles. The SMILES string of the molecule is N#CN1CC[C@H](NS(=O)(=O)c2ccc(-c3ccccc3)cc2)C1. The van der Waals surface area contributed by atoms with Crippen molar-refractivity contribution in [2.45, 2.75) is 17.4 Å². The summed E-state index contributed by atoms with van der Waals surface area (Å²) in [5, 5.41) is 8.84. The summed E-state index contributed by atoms with van der Waals surface area (Å²) in [5.74, 6) is 0. The highest BCUT2D eigenvalue weighted by Crippen LogP contribution is 2.21. The minimum absolute atomic E-state index is 0.214. The smallest absolute Gasteiger partial charge is 0.240 e. The van der Waals surface area contributed by atoms with E-state index in [1.165, 1.54) is 0 Å². The normalized spacial score (nSPS) is 17.9. The number of hydrogen-bond donors (Lipinski definition) is 1. The minimum Gasteiger partial charge on any atom is -0.309 e. The van der Waals surface area contributed by atoms with E-state index in [1.807, 2.05) is 36.5 Å². The Morgan fingerprint density at radius 3 is 2.30 bits per heavy atom. The second-order valence-corrected chi connectivity index (χ2v) is 7.26. The van der Waals surface area contributed by atoms with Crippen LogP contribution in [0.5, 0.6) is 0 Å². The van der Waals surface area contributed by atoms with Gasteiger partial charge in [0, 0.05) is 19.1 Å². The Balaban J connectivity index is 1.75. The van der Waals surface area contributed by atoms with E-state index in [-0.39, 0.29) is 10.9 Å². The van der Waals surface area contributed by atoms with Crippen molar-refractivity contribution in [3.63, 3.8) is 0 Å². The largest absolute Gasteiger partial charge is 0.309 e. The van der Waals surface area contributed by atoms with Crippen LogP contribution in [0, 0.1) is 11.5 Å². The fourth-order valence-electron chi connectivity index (χ4n) is 2.69. The summed E-state index contributed by atoms with van der Waals surface area (Å²) < 4.78 is 27.5. The summed E-state index contributed by atoms with van der Waals surface area (Å²) in [5.41, 5.74) is 2.02. The molecule has 2 aromatic carbocycles. The molecule has 0 radical (unpaired) electrons. The zero-order valence-corrected chi connectivity index (χ0v) is 13.3. The third-order valence-electron chi connectivity index (χ3n) is 3.92. The van der Waals surface area contributed by atoms with Crippen molar-refractivity contribution >= 4 is 10.0 Å². The second-order valence-electron chi connectivity index (χ2n) is 5.54. The molecule has 1 N–H and O–H groups in total. The zero-order chi connectivity index (χ0) is 16.3. The molecule has 0 aromatic heterocycles. The average Bonchev–Trinajstić information content (AvgIpc) is 3.03. The van der Waals surface area contributed by atoms with Crippen molar-refractivity contribution in [1.82, 2.24) is 9.62 Å². The molecular weight excluding hydrogens is 310 g/mol.